The van der Waals surface area contributed by atoms with Crippen molar-refractivity contribution in [2.75, 3.05) is 5.88 Å². The Kier molecular flexibility index (Phi) is 3.36. The lowest BCUT2D eigenvalue weighted by Gasteiger charge is -2.04. The molecule has 6 heteroatoms. The number of carbonyl (C=O) groups is 1. The van der Waals surface area contributed by atoms with Gasteiger partial charge in [0.2, 0.25) is 5.82 Å². The second kappa shape index (κ2) is 4.35. The van der Waals surface area contributed by atoms with Crippen molar-refractivity contribution in [2.24, 2.45) is 0 Å². The smallest absolute Gasteiger partial charge is 0.293 e. The molecule has 0 heterocycles. The van der Waals surface area contributed by atoms with E-state index in [4.69, 9.17) is 11.6 Å². The summed E-state index contributed by atoms with van der Waals surface area (Å²) in [5.41, 5.74) is -0.718. The maximum absolute atomic E-state index is 13.1. The summed E-state index contributed by atoms with van der Waals surface area (Å²) in [5.74, 6) is -2.09. The van der Waals surface area contributed by atoms with Crippen molar-refractivity contribution in [1.82, 2.24) is 0 Å². The first-order valence-electron chi connectivity index (χ1n) is 4.01. The van der Waals surface area contributed by atoms with Gasteiger partial charge in [-0.3, -0.25) is 14.9 Å². The molecule has 0 aliphatic carbocycles. The summed E-state index contributed by atoms with van der Waals surface area (Å²) in [7, 11) is 0. The third kappa shape index (κ3) is 2.12. The number of alkyl halides is 1. The molecular weight excluding hydrogens is 225 g/mol. The molecule has 0 radical (unpaired) electrons. The van der Waals surface area contributed by atoms with Gasteiger partial charge in [-0.2, -0.15) is 4.39 Å². The predicted octanol–water partition coefficient (Wildman–Crippen LogP) is 2.46. The summed E-state index contributed by atoms with van der Waals surface area (Å²) in [5, 5.41) is 10.6. The Hall–Kier alpha value is -1.49. The molecule has 0 atom stereocenters. The number of benzene rings is 1. The average Bonchev–Trinajstić information content (AvgIpc) is 2.19. The van der Waals surface area contributed by atoms with Gasteiger partial charge in [0.1, 0.15) is 5.56 Å². The van der Waals surface area contributed by atoms with Crippen molar-refractivity contribution in [3.8, 4) is 0 Å². The molecule has 80 valence electrons. The standard InChI is InChI=1S/C9H7ClFNO3/c1-5-2-3-6(11)9(12(14)15)8(5)7(13)4-10/h2-3H,4H2,1H3. The quantitative estimate of drug-likeness (QED) is 0.347. The number of aryl methyl sites for hydroxylation is 1. The summed E-state index contributed by atoms with van der Waals surface area (Å²) >= 11 is 5.29. The first-order chi connectivity index (χ1) is 6.99. The Balaban J connectivity index is 3.52. The van der Waals surface area contributed by atoms with E-state index in [0.29, 0.717) is 5.56 Å². The van der Waals surface area contributed by atoms with Gasteiger partial charge in [-0.05, 0) is 18.6 Å². The van der Waals surface area contributed by atoms with Crippen molar-refractivity contribution in [2.45, 2.75) is 6.92 Å². The second-order valence-corrected chi connectivity index (χ2v) is 3.17. The lowest BCUT2D eigenvalue weighted by atomic mass is 10.0. The highest BCUT2D eigenvalue weighted by Gasteiger charge is 2.26. The molecule has 0 unspecified atom stereocenters. The molecule has 0 N–H and O–H groups in total. The van der Waals surface area contributed by atoms with Crippen molar-refractivity contribution in [3.63, 3.8) is 0 Å². The lowest BCUT2D eigenvalue weighted by molar-refractivity contribution is -0.387. The van der Waals surface area contributed by atoms with E-state index in [1.54, 1.807) is 0 Å². The van der Waals surface area contributed by atoms with Gasteiger partial charge >= 0.3 is 5.69 Å². The first-order valence-corrected chi connectivity index (χ1v) is 4.55. The largest absolute Gasteiger partial charge is 0.315 e. The van der Waals surface area contributed by atoms with Gasteiger partial charge in [0, 0.05) is 0 Å². The summed E-state index contributed by atoms with van der Waals surface area (Å²) in [4.78, 5) is 21.0. The maximum atomic E-state index is 13.1. The van der Waals surface area contributed by atoms with E-state index >= 15 is 0 Å². The Morgan fingerprint density at radius 2 is 2.20 bits per heavy atom. The van der Waals surface area contributed by atoms with Crippen LogP contribution < -0.4 is 0 Å². The number of ketones is 1. The molecule has 0 fully saturated rings. The van der Waals surface area contributed by atoms with Crippen LogP contribution in [0.4, 0.5) is 10.1 Å². The maximum Gasteiger partial charge on any atom is 0.315 e. The van der Waals surface area contributed by atoms with Gasteiger partial charge in [0.25, 0.3) is 0 Å². The number of hydrogen-bond acceptors (Lipinski definition) is 3. The molecule has 0 aliphatic rings. The van der Waals surface area contributed by atoms with E-state index < -0.39 is 28.1 Å². The minimum atomic E-state index is -1.03. The number of Topliss-reactive ketones (excluding diaryl/α,β-unsaturated/α-hetero) is 1. The number of nitrogens with zero attached hydrogens (tertiary/aromatic N) is 1. The highest BCUT2D eigenvalue weighted by molar-refractivity contribution is 6.31. The number of rotatable bonds is 3. The highest BCUT2D eigenvalue weighted by Crippen LogP contribution is 2.26. The summed E-state index contributed by atoms with van der Waals surface area (Å²) in [6, 6.07) is 2.26. The number of halogens is 2. The van der Waals surface area contributed by atoms with Crippen LogP contribution in [0.3, 0.4) is 0 Å². The minimum absolute atomic E-state index is 0.255. The molecule has 1 rings (SSSR count). The first kappa shape index (κ1) is 11.6. The van der Waals surface area contributed by atoms with Crippen LogP contribution in [0, 0.1) is 22.9 Å². The highest BCUT2D eigenvalue weighted by atomic mass is 35.5. The molecule has 1 aromatic carbocycles. The Labute approximate surface area is 89.8 Å². The van der Waals surface area contributed by atoms with E-state index in [2.05, 4.69) is 0 Å². The minimum Gasteiger partial charge on any atom is -0.293 e. The Morgan fingerprint density at radius 3 is 2.67 bits per heavy atom. The van der Waals surface area contributed by atoms with Crippen LogP contribution >= 0.6 is 11.6 Å². The molecule has 0 saturated heterocycles. The number of carbonyl (C=O) groups excluding carboxylic acids is 1. The summed E-state index contributed by atoms with van der Waals surface area (Å²) in [6.07, 6.45) is 0. The number of nitro groups is 1. The van der Waals surface area contributed by atoms with Crippen LogP contribution in [-0.2, 0) is 0 Å². The van der Waals surface area contributed by atoms with Crippen LogP contribution in [0.5, 0.6) is 0 Å². The van der Waals surface area contributed by atoms with Crippen LogP contribution in [0.15, 0.2) is 12.1 Å². The van der Waals surface area contributed by atoms with Gasteiger partial charge in [0.05, 0.1) is 10.8 Å². The molecule has 0 amide bonds. The molecule has 15 heavy (non-hydrogen) atoms. The zero-order chi connectivity index (χ0) is 11.6. The zero-order valence-electron chi connectivity index (χ0n) is 7.79. The fraction of sp³-hybridized carbons (Fsp3) is 0.222. The second-order valence-electron chi connectivity index (χ2n) is 2.90. The van der Waals surface area contributed by atoms with Crippen molar-refractivity contribution in [1.29, 1.82) is 0 Å². The van der Waals surface area contributed by atoms with E-state index in [0.717, 1.165) is 6.07 Å². The molecule has 4 nitrogen and oxygen atoms in total. The van der Waals surface area contributed by atoms with Crippen molar-refractivity contribution < 1.29 is 14.1 Å². The predicted molar refractivity (Wildman–Crippen MR) is 52.8 cm³/mol. The van der Waals surface area contributed by atoms with Crippen molar-refractivity contribution >= 4 is 23.1 Å². The fourth-order valence-corrected chi connectivity index (χ4v) is 1.40. The zero-order valence-corrected chi connectivity index (χ0v) is 8.55. The van der Waals surface area contributed by atoms with E-state index in [-0.39, 0.29) is 5.56 Å². The summed E-state index contributed by atoms with van der Waals surface area (Å²) in [6.45, 7) is 1.49. The van der Waals surface area contributed by atoms with E-state index in [9.17, 15) is 19.3 Å². The topological polar surface area (TPSA) is 60.2 Å². The van der Waals surface area contributed by atoms with E-state index in [1.807, 2.05) is 0 Å². The molecule has 1 aromatic rings. The number of hydrogen-bond donors (Lipinski definition) is 0. The van der Waals surface area contributed by atoms with Gasteiger partial charge in [-0.25, -0.2) is 0 Å². The molecular formula is C9H7ClFNO3. The van der Waals surface area contributed by atoms with Crippen LogP contribution in [0.2, 0.25) is 0 Å². The van der Waals surface area contributed by atoms with Crippen LogP contribution in [0.25, 0.3) is 0 Å². The monoisotopic (exact) mass is 231 g/mol. The fourth-order valence-electron chi connectivity index (χ4n) is 1.26. The van der Waals surface area contributed by atoms with E-state index in [1.165, 1.54) is 13.0 Å². The Bertz CT molecular complexity index is 434. The Morgan fingerprint density at radius 1 is 1.60 bits per heavy atom. The van der Waals surface area contributed by atoms with Crippen molar-refractivity contribution in [3.05, 3.63) is 39.2 Å². The molecule has 0 saturated carbocycles. The molecule has 0 spiro atoms. The van der Waals surface area contributed by atoms with Gasteiger partial charge < -0.3 is 0 Å². The average molecular weight is 232 g/mol. The molecule has 0 aliphatic heterocycles. The third-order valence-electron chi connectivity index (χ3n) is 1.92. The summed E-state index contributed by atoms with van der Waals surface area (Å²) < 4.78 is 13.1. The SMILES string of the molecule is Cc1ccc(F)c([N+](=O)[O-])c1C(=O)CCl. The number of nitro benzene ring substituents is 1. The van der Waals surface area contributed by atoms with Crippen LogP contribution in [-0.4, -0.2) is 16.6 Å². The van der Waals surface area contributed by atoms with Gasteiger partial charge in [0.15, 0.2) is 5.78 Å². The molecule has 0 aromatic heterocycles. The normalized spacial score (nSPS) is 10.1. The van der Waals surface area contributed by atoms with Crippen LogP contribution in [0.1, 0.15) is 15.9 Å². The van der Waals surface area contributed by atoms with Gasteiger partial charge in [-0.1, -0.05) is 6.07 Å². The third-order valence-corrected chi connectivity index (χ3v) is 2.16. The molecule has 0 bridgehead atoms. The lowest BCUT2D eigenvalue weighted by Crippen LogP contribution is -2.09. The van der Waals surface area contributed by atoms with Gasteiger partial charge in [-0.15, -0.1) is 11.6 Å².